The number of urea groups is 1. The molecule has 8 nitrogen and oxygen atoms in total. The van der Waals surface area contributed by atoms with Crippen molar-refractivity contribution in [3.05, 3.63) is 72.8 Å². The van der Waals surface area contributed by atoms with Gasteiger partial charge in [-0.25, -0.2) is 9.78 Å². The summed E-state index contributed by atoms with van der Waals surface area (Å²) < 4.78 is 10.8. The highest BCUT2D eigenvalue weighted by Crippen LogP contribution is 2.21. The van der Waals surface area contributed by atoms with Crippen LogP contribution in [0, 0.1) is 0 Å². The van der Waals surface area contributed by atoms with Gasteiger partial charge < -0.3 is 24.3 Å². The van der Waals surface area contributed by atoms with Crippen molar-refractivity contribution < 1.29 is 18.7 Å². The van der Waals surface area contributed by atoms with Crippen LogP contribution in [0.25, 0.3) is 0 Å². The fourth-order valence-electron chi connectivity index (χ4n) is 3.02. The third-order valence-corrected chi connectivity index (χ3v) is 4.54. The molecule has 1 fully saturated rings. The molecule has 1 aromatic carbocycles. The van der Waals surface area contributed by atoms with Gasteiger partial charge in [-0.2, -0.15) is 0 Å². The van der Waals surface area contributed by atoms with Gasteiger partial charge in [0.25, 0.3) is 5.91 Å². The molecule has 3 heterocycles. The molecule has 0 unspecified atom stereocenters. The molecule has 1 N–H and O–H groups in total. The zero-order chi connectivity index (χ0) is 20.1. The van der Waals surface area contributed by atoms with Crippen LogP contribution < -0.4 is 10.1 Å². The maximum Gasteiger partial charge on any atom is 0.321 e. The molecule has 0 spiro atoms. The molecular weight excluding hydrogens is 372 g/mol. The number of benzene rings is 1. The van der Waals surface area contributed by atoms with Crippen molar-refractivity contribution >= 4 is 17.6 Å². The van der Waals surface area contributed by atoms with Crippen molar-refractivity contribution in [2.24, 2.45) is 0 Å². The lowest BCUT2D eigenvalue weighted by Gasteiger charge is -2.34. The molecule has 0 bridgehead atoms. The molecule has 0 saturated carbocycles. The van der Waals surface area contributed by atoms with Gasteiger partial charge in [-0.3, -0.25) is 4.79 Å². The molecule has 1 saturated heterocycles. The van der Waals surface area contributed by atoms with Gasteiger partial charge in [0.05, 0.1) is 6.26 Å². The molecule has 148 valence electrons. The minimum absolute atomic E-state index is 0.160. The van der Waals surface area contributed by atoms with Crippen molar-refractivity contribution in [2.75, 3.05) is 31.5 Å². The van der Waals surface area contributed by atoms with Crippen molar-refractivity contribution in [2.45, 2.75) is 0 Å². The van der Waals surface area contributed by atoms with E-state index in [9.17, 15) is 9.59 Å². The maximum absolute atomic E-state index is 12.6. The normalized spacial score (nSPS) is 13.8. The molecular formula is C21H20N4O4. The van der Waals surface area contributed by atoms with Gasteiger partial charge in [0.2, 0.25) is 5.88 Å². The number of para-hydroxylation sites is 1. The quantitative estimate of drug-likeness (QED) is 0.735. The second kappa shape index (κ2) is 8.47. The average Bonchev–Trinajstić information content (AvgIpc) is 3.29. The number of anilines is 1. The lowest BCUT2D eigenvalue weighted by Crippen LogP contribution is -2.51. The van der Waals surface area contributed by atoms with Gasteiger partial charge in [-0.1, -0.05) is 18.2 Å². The average molecular weight is 392 g/mol. The Hall–Kier alpha value is -3.81. The fourth-order valence-corrected chi connectivity index (χ4v) is 3.02. The van der Waals surface area contributed by atoms with E-state index in [4.69, 9.17) is 9.15 Å². The number of rotatable bonds is 4. The number of nitrogens with one attached hydrogen (secondary N) is 1. The number of aromatic nitrogens is 1. The summed E-state index contributed by atoms with van der Waals surface area (Å²) in [6.45, 7) is 1.78. The highest BCUT2D eigenvalue weighted by Gasteiger charge is 2.26. The number of carbonyl (C=O) groups excluding carboxylic acids is 2. The van der Waals surface area contributed by atoms with Crippen molar-refractivity contribution in [1.29, 1.82) is 0 Å². The van der Waals surface area contributed by atoms with E-state index in [0.29, 0.717) is 49.3 Å². The number of carbonyl (C=O) groups is 2. The lowest BCUT2D eigenvalue weighted by atomic mass is 10.3. The van der Waals surface area contributed by atoms with Crippen molar-refractivity contribution in [3.63, 3.8) is 0 Å². The monoisotopic (exact) mass is 392 g/mol. The number of hydrogen-bond acceptors (Lipinski definition) is 5. The lowest BCUT2D eigenvalue weighted by molar-refractivity contribution is 0.0640. The van der Waals surface area contributed by atoms with Gasteiger partial charge in [0.15, 0.2) is 5.76 Å². The molecule has 1 aliphatic rings. The molecule has 1 aliphatic heterocycles. The van der Waals surface area contributed by atoms with Crippen LogP contribution in [0.5, 0.6) is 11.6 Å². The van der Waals surface area contributed by atoms with Gasteiger partial charge in [0, 0.05) is 44.1 Å². The minimum atomic E-state index is -0.230. The molecule has 0 radical (unpaired) electrons. The van der Waals surface area contributed by atoms with Crippen LogP contribution in [-0.2, 0) is 0 Å². The van der Waals surface area contributed by atoms with Crippen molar-refractivity contribution in [3.8, 4) is 11.6 Å². The van der Waals surface area contributed by atoms with Crippen LogP contribution >= 0.6 is 0 Å². The summed E-state index contributed by atoms with van der Waals surface area (Å²) in [6.07, 6.45) is 3.05. The Balaban J connectivity index is 1.32. The number of piperazine rings is 1. The topological polar surface area (TPSA) is 87.9 Å². The highest BCUT2D eigenvalue weighted by atomic mass is 16.5. The largest absolute Gasteiger partial charge is 0.459 e. The number of furan rings is 1. The van der Waals surface area contributed by atoms with Crippen LogP contribution in [0.3, 0.4) is 0 Å². The van der Waals surface area contributed by atoms with Gasteiger partial charge in [-0.05, 0) is 30.3 Å². The van der Waals surface area contributed by atoms with Crippen LogP contribution in [0.15, 0.2) is 71.5 Å². The summed E-state index contributed by atoms with van der Waals surface area (Å²) in [5.74, 6) is 1.21. The SMILES string of the molecule is O=C(Nc1ccnc(Oc2ccccc2)c1)N1CCN(C(=O)c2ccco2)CC1. The first-order chi connectivity index (χ1) is 14.2. The standard InChI is InChI=1S/C21H20N4O4/c26-20(18-7-4-14-28-18)24-10-12-25(13-11-24)21(27)23-16-8-9-22-19(15-16)29-17-5-2-1-3-6-17/h1-9,14-15H,10-13H2,(H,22,23,27). The summed E-state index contributed by atoms with van der Waals surface area (Å²) in [5.41, 5.74) is 0.588. The van der Waals surface area contributed by atoms with Gasteiger partial charge in [-0.15, -0.1) is 0 Å². The molecule has 2 aromatic heterocycles. The Labute approximate surface area is 167 Å². The Morgan fingerprint density at radius 2 is 1.72 bits per heavy atom. The molecule has 8 heteroatoms. The Morgan fingerprint density at radius 3 is 2.45 bits per heavy atom. The van der Waals surface area contributed by atoms with Gasteiger partial charge >= 0.3 is 6.03 Å². The predicted octanol–water partition coefficient (Wildman–Crippen LogP) is 3.46. The van der Waals surface area contributed by atoms with Crippen LogP contribution in [0.4, 0.5) is 10.5 Å². The van der Waals surface area contributed by atoms with Crippen molar-refractivity contribution in [1.82, 2.24) is 14.8 Å². The van der Waals surface area contributed by atoms with E-state index in [2.05, 4.69) is 10.3 Å². The summed E-state index contributed by atoms with van der Waals surface area (Å²) in [5, 5.41) is 2.85. The first-order valence-corrected chi connectivity index (χ1v) is 9.27. The van der Waals surface area contributed by atoms with Crippen LogP contribution in [0.1, 0.15) is 10.6 Å². The Bertz CT molecular complexity index is 967. The first-order valence-electron chi connectivity index (χ1n) is 9.27. The number of pyridine rings is 1. The zero-order valence-electron chi connectivity index (χ0n) is 15.7. The van der Waals surface area contributed by atoms with E-state index in [1.165, 1.54) is 6.26 Å². The van der Waals surface area contributed by atoms with Crippen LogP contribution in [-0.4, -0.2) is 52.9 Å². The van der Waals surface area contributed by atoms with E-state index in [1.807, 2.05) is 30.3 Å². The summed E-state index contributed by atoms with van der Waals surface area (Å²) >= 11 is 0. The van der Waals surface area contributed by atoms with E-state index in [0.717, 1.165) is 0 Å². The third kappa shape index (κ3) is 4.55. The maximum atomic E-state index is 12.6. The van der Waals surface area contributed by atoms with Crippen LogP contribution in [0.2, 0.25) is 0 Å². The van der Waals surface area contributed by atoms with E-state index < -0.39 is 0 Å². The number of amides is 3. The summed E-state index contributed by atoms with van der Waals surface area (Å²) in [7, 11) is 0. The molecule has 3 amide bonds. The molecule has 0 atom stereocenters. The fraction of sp³-hybridized carbons (Fsp3) is 0.190. The summed E-state index contributed by atoms with van der Waals surface area (Å²) in [4.78, 5) is 32.4. The van der Waals surface area contributed by atoms with E-state index >= 15 is 0 Å². The second-order valence-electron chi connectivity index (χ2n) is 6.48. The molecule has 29 heavy (non-hydrogen) atoms. The molecule has 4 rings (SSSR count). The predicted molar refractivity (Wildman–Crippen MR) is 106 cm³/mol. The highest BCUT2D eigenvalue weighted by molar-refractivity contribution is 5.92. The molecule has 0 aliphatic carbocycles. The van der Waals surface area contributed by atoms with E-state index in [1.54, 1.807) is 40.3 Å². The Morgan fingerprint density at radius 1 is 0.966 bits per heavy atom. The number of nitrogens with zero attached hydrogens (tertiary/aromatic N) is 3. The second-order valence-corrected chi connectivity index (χ2v) is 6.48. The van der Waals surface area contributed by atoms with E-state index in [-0.39, 0.29) is 11.9 Å². The number of hydrogen-bond donors (Lipinski definition) is 1. The first kappa shape index (κ1) is 18.5. The third-order valence-electron chi connectivity index (χ3n) is 4.54. The van der Waals surface area contributed by atoms with Gasteiger partial charge in [0.1, 0.15) is 5.75 Å². The zero-order valence-corrected chi connectivity index (χ0v) is 15.7. The number of ether oxygens (including phenoxy) is 1. The smallest absolute Gasteiger partial charge is 0.321 e. The summed E-state index contributed by atoms with van der Waals surface area (Å²) in [6, 6.07) is 15.8. The molecule has 3 aromatic rings. The minimum Gasteiger partial charge on any atom is -0.459 e. The Kier molecular flexibility index (Phi) is 5.42.